The Morgan fingerprint density at radius 2 is 2.16 bits per heavy atom. The molecule has 3 rings (SSSR count). The Kier molecular flexibility index (Phi) is 2.68. The van der Waals surface area contributed by atoms with Crippen LogP contribution in [0.25, 0.3) is 22.8 Å². The highest BCUT2D eigenvalue weighted by molar-refractivity contribution is 5.73. The largest absolute Gasteiger partial charge is 0.496 e. The van der Waals surface area contributed by atoms with E-state index < -0.39 is 0 Å². The van der Waals surface area contributed by atoms with E-state index in [1.807, 2.05) is 18.2 Å². The summed E-state index contributed by atoms with van der Waals surface area (Å²) < 4.78 is 15.7. The number of benzene rings is 1. The second-order valence-corrected chi connectivity index (χ2v) is 3.87. The number of methoxy groups -OCH3 is 1. The molecule has 0 spiro atoms. The SMILES string of the molecule is COc1ccc(-c2ncco2)cc1-c1cc(N)no1. The molecule has 19 heavy (non-hydrogen) atoms. The van der Waals surface area contributed by atoms with E-state index in [4.69, 9.17) is 19.4 Å². The van der Waals surface area contributed by atoms with Gasteiger partial charge in [-0.2, -0.15) is 0 Å². The van der Waals surface area contributed by atoms with Crippen LogP contribution in [0.3, 0.4) is 0 Å². The Balaban J connectivity index is 2.13. The molecule has 3 aromatic rings. The molecule has 0 aliphatic carbocycles. The van der Waals surface area contributed by atoms with Crippen LogP contribution in [-0.2, 0) is 0 Å². The normalized spacial score (nSPS) is 10.6. The maximum absolute atomic E-state index is 5.56. The molecule has 2 N–H and O–H groups in total. The number of nitrogen functional groups attached to an aromatic ring is 1. The number of oxazole rings is 1. The van der Waals surface area contributed by atoms with Crippen LogP contribution in [0.4, 0.5) is 5.82 Å². The summed E-state index contributed by atoms with van der Waals surface area (Å²) in [6.07, 6.45) is 3.11. The number of nitrogens with zero attached hydrogens (tertiary/aromatic N) is 2. The number of aromatic nitrogens is 2. The molecular formula is C13H11N3O3. The number of anilines is 1. The van der Waals surface area contributed by atoms with Crippen molar-refractivity contribution in [3.8, 4) is 28.5 Å². The summed E-state index contributed by atoms with van der Waals surface area (Å²) in [5.74, 6) is 2.03. The predicted octanol–water partition coefficient (Wildman–Crippen LogP) is 2.59. The Bertz CT molecular complexity index is 689. The van der Waals surface area contributed by atoms with Crippen molar-refractivity contribution < 1.29 is 13.7 Å². The maximum Gasteiger partial charge on any atom is 0.225 e. The second kappa shape index (κ2) is 4.49. The molecule has 0 saturated carbocycles. The molecule has 0 saturated heterocycles. The van der Waals surface area contributed by atoms with Crippen LogP contribution >= 0.6 is 0 Å². The van der Waals surface area contributed by atoms with E-state index in [1.165, 1.54) is 6.26 Å². The van der Waals surface area contributed by atoms with Gasteiger partial charge in [-0.25, -0.2) is 4.98 Å². The van der Waals surface area contributed by atoms with Gasteiger partial charge in [0.25, 0.3) is 0 Å². The van der Waals surface area contributed by atoms with Gasteiger partial charge in [-0.3, -0.25) is 0 Å². The van der Waals surface area contributed by atoms with Gasteiger partial charge in [0, 0.05) is 11.6 Å². The minimum absolute atomic E-state index is 0.318. The molecular weight excluding hydrogens is 246 g/mol. The van der Waals surface area contributed by atoms with E-state index in [9.17, 15) is 0 Å². The lowest BCUT2D eigenvalue weighted by atomic mass is 10.1. The van der Waals surface area contributed by atoms with E-state index >= 15 is 0 Å². The minimum Gasteiger partial charge on any atom is -0.496 e. The van der Waals surface area contributed by atoms with Crippen molar-refractivity contribution in [2.75, 3.05) is 12.8 Å². The Morgan fingerprint density at radius 3 is 2.79 bits per heavy atom. The highest BCUT2D eigenvalue weighted by Gasteiger charge is 2.14. The van der Waals surface area contributed by atoms with Gasteiger partial charge in [-0.1, -0.05) is 5.16 Å². The molecule has 6 nitrogen and oxygen atoms in total. The third kappa shape index (κ3) is 2.03. The van der Waals surface area contributed by atoms with Gasteiger partial charge in [0.2, 0.25) is 5.89 Å². The van der Waals surface area contributed by atoms with Gasteiger partial charge in [0.15, 0.2) is 11.6 Å². The molecule has 96 valence electrons. The average Bonchev–Trinajstić information content (AvgIpc) is 3.09. The summed E-state index contributed by atoms with van der Waals surface area (Å²) in [7, 11) is 1.59. The lowest BCUT2D eigenvalue weighted by molar-refractivity contribution is 0.407. The standard InChI is InChI=1S/C13H11N3O3/c1-17-10-3-2-8(13-15-4-5-18-13)6-9(10)11-7-12(14)16-19-11/h2-7H,1H3,(H2,14,16). The molecule has 0 aliphatic rings. The number of hydrogen-bond acceptors (Lipinski definition) is 6. The topological polar surface area (TPSA) is 87.3 Å². The predicted molar refractivity (Wildman–Crippen MR) is 68.4 cm³/mol. The molecule has 0 atom stereocenters. The monoisotopic (exact) mass is 257 g/mol. The van der Waals surface area contributed by atoms with Gasteiger partial charge < -0.3 is 19.4 Å². The van der Waals surface area contributed by atoms with Crippen LogP contribution in [0.5, 0.6) is 5.75 Å². The first-order chi connectivity index (χ1) is 9.28. The summed E-state index contributed by atoms with van der Waals surface area (Å²) in [5, 5.41) is 3.67. The third-order valence-electron chi connectivity index (χ3n) is 2.67. The number of hydrogen-bond donors (Lipinski definition) is 1. The van der Waals surface area contributed by atoms with Crippen LogP contribution in [0.15, 0.2) is 45.7 Å². The first kappa shape index (κ1) is 11.3. The smallest absolute Gasteiger partial charge is 0.225 e. The zero-order valence-electron chi connectivity index (χ0n) is 10.2. The number of nitrogens with two attached hydrogens (primary N) is 1. The molecule has 2 heterocycles. The quantitative estimate of drug-likeness (QED) is 0.775. The molecule has 0 aliphatic heterocycles. The number of rotatable bonds is 3. The minimum atomic E-state index is 0.318. The fourth-order valence-electron chi connectivity index (χ4n) is 1.82. The van der Waals surface area contributed by atoms with Gasteiger partial charge in [0.05, 0.1) is 18.9 Å². The molecule has 1 aromatic carbocycles. The Morgan fingerprint density at radius 1 is 1.26 bits per heavy atom. The van der Waals surface area contributed by atoms with Crippen LogP contribution in [0, 0.1) is 0 Å². The maximum atomic E-state index is 5.56. The third-order valence-corrected chi connectivity index (χ3v) is 2.67. The van der Waals surface area contributed by atoms with Crippen LogP contribution in [0.1, 0.15) is 0 Å². The zero-order chi connectivity index (χ0) is 13.2. The van der Waals surface area contributed by atoms with E-state index in [2.05, 4.69) is 10.1 Å². The summed E-state index contributed by atoms with van der Waals surface area (Å²) in [6, 6.07) is 7.16. The van der Waals surface area contributed by atoms with E-state index in [0.29, 0.717) is 23.2 Å². The molecule has 0 fully saturated rings. The van der Waals surface area contributed by atoms with Crippen molar-refractivity contribution >= 4 is 5.82 Å². The van der Waals surface area contributed by atoms with E-state index in [0.717, 1.165) is 11.1 Å². The first-order valence-electron chi connectivity index (χ1n) is 5.58. The van der Waals surface area contributed by atoms with Gasteiger partial charge in [0.1, 0.15) is 12.0 Å². The molecule has 0 amide bonds. The molecule has 6 heteroatoms. The van der Waals surface area contributed by atoms with Gasteiger partial charge in [-0.05, 0) is 18.2 Å². The molecule has 0 bridgehead atoms. The van der Waals surface area contributed by atoms with Crippen molar-refractivity contribution in [1.82, 2.24) is 10.1 Å². The number of ether oxygens (including phenoxy) is 1. The van der Waals surface area contributed by atoms with E-state index in [-0.39, 0.29) is 0 Å². The first-order valence-corrected chi connectivity index (χ1v) is 5.58. The highest BCUT2D eigenvalue weighted by atomic mass is 16.5. The highest BCUT2D eigenvalue weighted by Crippen LogP contribution is 2.34. The average molecular weight is 257 g/mol. The fourth-order valence-corrected chi connectivity index (χ4v) is 1.82. The summed E-state index contributed by atoms with van der Waals surface area (Å²) in [6.45, 7) is 0. The van der Waals surface area contributed by atoms with Crippen molar-refractivity contribution in [2.24, 2.45) is 0 Å². The van der Waals surface area contributed by atoms with Crippen molar-refractivity contribution in [2.45, 2.75) is 0 Å². The Hall–Kier alpha value is -2.76. The van der Waals surface area contributed by atoms with E-state index in [1.54, 1.807) is 19.4 Å². The summed E-state index contributed by atoms with van der Waals surface area (Å²) in [4.78, 5) is 4.10. The molecule has 0 radical (unpaired) electrons. The fraction of sp³-hybridized carbons (Fsp3) is 0.0769. The van der Waals surface area contributed by atoms with Crippen LogP contribution < -0.4 is 10.5 Å². The van der Waals surface area contributed by atoms with Crippen LogP contribution in [0.2, 0.25) is 0 Å². The van der Waals surface area contributed by atoms with Crippen molar-refractivity contribution in [3.05, 3.63) is 36.7 Å². The molecule has 0 unspecified atom stereocenters. The van der Waals surface area contributed by atoms with Gasteiger partial charge >= 0.3 is 0 Å². The summed E-state index contributed by atoms with van der Waals surface area (Å²) >= 11 is 0. The lowest BCUT2D eigenvalue weighted by Gasteiger charge is -2.06. The summed E-state index contributed by atoms with van der Waals surface area (Å²) in [5.41, 5.74) is 7.12. The van der Waals surface area contributed by atoms with Crippen LogP contribution in [-0.4, -0.2) is 17.3 Å². The second-order valence-electron chi connectivity index (χ2n) is 3.87. The van der Waals surface area contributed by atoms with Gasteiger partial charge in [-0.15, -0.1) is 0 Å². The van der Waals surface area contributed by atoms with Crippen molar-refractivity contribution in [3.63, 3.8) is 0 Å². The lowest BCUT2D eigenvalue weighted by Crippen LogP contribution is -1.88. The van der Waals surface area contributed by atoms with Crippen molar-refractivity contribution in [1.29, 1.82) is 0 Å². The zero-order valence-corrected chi connectivity index (χ0v) is 10.2. The Labute approximate surface area is 108 Å². The molecule has 2 aromatic heterocycles.